The molecule has 20 heavy (non-hydrogen) atoms. The largest absolute Gasteiger partial charge is 0.480 e. The zero-order chi connectivity index (χ0) is 16.0. The van der Waals surface area contributed by atoms with Crippen LogP contribution in [0.15, 0.2) is 0 Å². The number of rotatable bonds is 6. The third-order valence-electron chi connectivity index (χ3n) is 1.81. The Bertz CT molecular complexity index is 342. The van der Waals surface area contributed by atoms with Gasteiger partial charge in [0.25, 0.3) is 0 Å². The Morgan fingerprint density at radius 3 is 2.25 bits per heavy atom. The van der Waals surface area contributed by atoms with Gasteiger partial charge in [0.1, 0.15) is 11.6 Å². The SMILES string of the molecule is CC(C)(C)OC(=O)NC(CCSCC(F)(F)F)C(=O)O. The predicted octanol–water partition coefficient (Wildman–Crippen LogP) is 2.65. The van der Waals surface area contributed by atoms with E-state index < -0.39 is 35.6 Å². The second-order valence-electron chi connectivity index (χ2n) is 4.99. The predicted molar refractivity (Wildman–Crippen MR) is 68.8 cm³/mol. The molecular weight excluding hydrogens is 299 g/mol. The smallest absolute Gasteiger partial charge is 0.408 e. The van der Waals surface area contributed by atoms with E-state index in [1.165, 1.54) is 0 Å². The van der Waals surface area contributed by atoms with Crippen molar-refractivity contribution in [3.8, 4) is 0 Å². The molecule has 0 aromatic heterocycles. The summed E-state index contributed by atoms with van der Waals surface area (Å²) >= 11 is 0.566. The Labute approximate surface area is 119 Å². The number of carbonyl (C=O) groups is 2. The second-order valence-corrected chi connectivity index (χ2v) is 6.10. The first-order chi connectivity index (χ1) is 8.91. The minimum absolute atomic E-state index is 0.0354. The van der Waals surface area contributed by atoms with Crippen LogP contribution in [0.1, 0.15) is 27.2 Å². The van der Waals surface area contributed by atoms with Crippen molar-refractivity contribution in [3.05, 3.63) is 0 Å². The second kappa shape index (κ2) is 7.61. The average molecular weight is 317 g/mol. The molecule has 1 unspecified atom stereocenters. The maximum absolute atomic E-state index is 11.9. The van der Waals surface area contributed by atoms with Gasteiger partial charge < -0.3 is 15.2 Å². The number of thioether (sulfide) groups is 1. The van der Waals surface area contributed by atoms with Crippen LogP contribution >= 0.6 is 11.8 Å². The fourth-order valence-corrected chi connectivity index (χ4v) is 1.87. The molecule has 0 spiro atoms. The molecule has 2 N–H and O–H groups in total. The molecular formula is C11H18F3NO4S. The molecule has 0 aromatic carbocycles. The number of aliphatic carboxylic acids is 1. The number of halogens is 3. The van der Waals surface area contributed by atoms with Gasteiger partial charge in [-0.3, -0.25) is 0 Å². The number of carboxylic acid groups (broad SMARTS) is 1. The van der Waals surface area contributed by atoms with Crippen molar-refractivity contribution >= 4 is 23.8 Å². The van der Waals surface area contributed by atoms with Gasteiger partial charge in [-0.15, -0.1) is 0 Å². The molecule has 0 radical (unpaired) electrons. The van der Waals surface area contributed by atoms with Gasteiger partial charge in [0.05, 0.1) is 5.75 Å². The van der Waals surface area contributed by atoms with Crippen LogP contribution in [0.2, 0.25) is 0 Å². The lowest BCUT2D eigenvalue weighted by atomic mass is 10.2. The molecule has 9 heteroatoms. The van der Waals surface area contributed by atoms with Crippen molar-refractivity contribution in [2.45, 2.75) is 45.0 Å². The molecule has 0 fully saturated rings. The number of carboxylic acids is 1. The molecule has 0 aromatic rings. The van der Waals surface area contributed by atoms with Gasteiger partial charge in [-0.05, 0) is 32.9 Å². The van der Waals surface area contributed by atoms with E-state index in [-0.39, 0.29) is 12.2 Å². The molecule has 0 heterocycles. The first kappa shape index (κ1) is 18.9. The Kier molecular flexibility index (Phi) is 7.18. The molecule has 1 atom stereocenters. The van der Waals surface area contributed by atoms with Crippen LogP contribution < -0.4 is 5.32 Å². The quantitative estimate of drug-likeness (QED) is 0.737. The maximum atomic E-state index is 11.9. The molecule has 0 saturated heterocycles. The number of ether oxygens (including phenoxy) is 1. The van der Waals surface area contributed by atoms with Crippen molar-refractivity contribution in [1.82, 2.24) is 5.32 Å². The van der Waals surface area contributed by atoms with E-state index >= 15 is 0 Å². The molecule has 5 nitrogen and oxygen atoms in total. The molecule has 0 saturated carbocycles. The van der Waals surface area contributed by atoms with E-state index in [9.17, 15) is 22.8 Å². The average Bonchev–Trinajstić information content (AvgIpc) is 2.17. The zero-order valence-electron chi connectivity index (χ0n) is 11.4. The summed E-state index contributed by atoms with van der Waals surface area (Å²) in [6.45, 7) is 4.84. The summed E-state index contributed by atoms with van der Waals surface area (Å²) in [5.41, 5.74) is -0.780. The Hall–Kier alpha value is -1.12. The summed E-state index contributed by atoms with van der Waals surface area (Å²) in [5, 5.41) is 11.0. The van der Waals surface area contributed by atoms with E-state index in [4.69, 9.17) is 9.84 Å². The van der Waals surface area contributed by atoms with Crippen LogP contribution in [-0.2, 0) is 9.53 Å². The topological polar surface area (TPSA) is 75.6 Å². The molecule has 0 aliphatic carbocycles. The Balaban J connectivity index is 4.18. The standard InChI is InChI=1S/C11H18F3NO4S/c1-10(2,3)19-9(18)15-7(8(16)17)4-5-20-6-11(12,13)14/h7H,4-6H2,1-3H3,(H,15,18)(H,16,17). The number of hydrogen-bond donors (Lipinski definition) is 2. The monoisotopic (exact) mass is 317 g/mol. The van der Waals surface area contributed by atoms with Gasteiger partial charge in [0, 0.05) is 0 Å². The maximum Gasteiger partial charge on any atom is 0.408 e. The van der Waals surface area contributed by atoms with Crippen LogP contribution in [0, 0.1) is 0 Å². The lowest BCUT2D eigenvalue weighted by Crippen LogP contribution is -2.43. The number of nitrogens with one attached hydrogen (secondary N) is 1. The Morgan fingerprint density at radius 1 is 1.30 bits per heavy atom. The fourth-order valence-electron chi connectivity index (χ4n) is 1.10. The summed E-state index contributed by atoms with van der Waals surface area (Å²) in [5.74, 6) is -2.40. The van der Waals surface area contributed by atoms with Gasteiger partial charge in [-0.25, -0.2) is 9.59 Å². The minimum Gasteiger partial charge on any atom is -0.480 e. The van der Waals surface area contributed by atoms with Crippen molar-refractivity contribution in [2.24, 2.45) is 0 Å². The van der Waals surface area contributed by atoms with Crippen LogP contribution in [0.3, 0.4) is 0 Å². The first-order valence-electron chi connectivity index (χ1n) is 5.77. The number of alkyl halides is 3. The highest BCUT2D eigenvalue weighted by Crippen LogP contribution is 2.21. The minimum atomic E-state index is -4.29. The third-order valence-corrected chi connectivity index (χ3v) is 2.86. The highest BCUT2D eigenvalue weighted by atomic mass is 32.2. The third kappa shape index (κ3) is 10.8. The highest BCUT2D eigenvalue weighted by Gasteiger charge is 2.28. The number of amides is 1. The number of carbonyl (C=O) groups excluding carboxylic acids is 1. The molecule has 118 valence electrons. The van der Waals surface area contributed by atoms with E-state index in [0.29, 0.717) is 11.8 Å². The first-order valence-corrected chi connectivity index (χ1v) is 6.93. The van der Waals surface area contributed by atoms with Crippen molar-refractivity contribution < 1.29 is 32.6 Å². The normalized spacial score (nSPS) is 13.7. The van der Waals surface area contributed by atoms with E-state index in [1.807, 2.05) is 0 Å². The summed E-state index contributed by atoms with van der Waals surface area (Å²) in [6, 6.07) is -1.27. The lowest BCUT2D eigenvalue weighted by molar-refractivity contribution is -0.139. The van der Waals surface area contributed by atoms with E-state index in [0.717, 1.165) is 0 Å². The van der Waals surface area contributed by atoms with Crippen LogP contribution in [0.4, 0.5) is 18.0 Å². The highest BCUT2D eigenvalue weighted by molar-refractivity contribution is 7.99. The van der Waals surface area contributed by atoms with Gasteiger partial charge in [-0.1, -0.05) is 0 Å². The van der Waals surface area contributed by atoms with E-state index in [1.54, 1.807) is 20.8 Å². The zero-order valence-corrected chi connectivity index (χ0v) is 12.2. The van der Waals surface area contributed by atoms with E-state index in [2.05, 4.69) is 5.32 Å². The van der Waals surface area contributed by atoms with Crippen LogP contribution in [-0.4, -0.2) is 46.5 Å². The molecule has 0 rings (SSSR count). The van der Waals surface area contributed by atoms with Gasteiger partial charge in [0.15, 0.2) is 0 Å². The summed E-state index contributed by atoms with van der Waals surface area (Å²) < 4.78 is 40.6. The molecule has 0 aliphatic rings. The number of alkyl carbamates (subject to hydrolysis) is 1. The van der Waals surface area contributed by atoms with Crippen molar-refractivity contribution in [2.75, 3.05) is 11.5 Å². The van der Waals surface area contributed by atoms with Crippen LogP contribution in [0.25, 0.3) is 0 Å². The summed E-state index contributed by atoms with van der Waals surface area (Å²) in [6.07, 6.45) is -5.32. The lowest BCUT2D eigenvalue weighted by Gasteiger charge is -2.22. The van der Waals surface area contributed by atoms with Gasteiger partial charge in [0.2, 0.25) is 0 Å². The van der Waals surface area contributed by atoms with Gasteiger partial charge in [-0.2, -0.15) is 24.9 Å². The number of hydrogen-bond acceptors (Lipinski definition) is 4. The molecule has 1 amide bonds. The fraction of sp³-hybridized carbons (Fsp3) is 0.818. The molecule has 0 bridgehead atoms. The van der Waals surface area contributed by atoms with Crippen molar-refractivity contribution in [3.63, 3.8) is 0 Å². The molecule has 0 aliphatic heterocycles. The summed E-state index contributed by atoms with van der Waals surface area (Å²) in [4.78, 5) is 22.3. The Morgan fingerprint density at radius 2 is 1.85 bits per heavy atom. The van der Waals surface area contributed by atoms with Crippen molar-refractivity contribution in [1.29, 1.82) is 0 Å². The summed E-state index contributed by atoms with van der Waals surface area (Å²) in [7, 11) is 0. The van der Waals surface area contributed by atoms with Crippen LogP contribution in [0.5, 0.6) is 0 Å². The van der Waals surface area contributed by atoms with Gasteiger partial charge >= 0.3 is 18.2 Å².